The SMILES string of the molecule is CC(C)CN(C(CO)CCCCNC(=O)C(Cc1ccc2ccccc2c1)NC(=O)O)S(=O)(=O)c1ccc(F)c(N)c1. The number of sulfonamides is 1. The smallest absolute Gasteiger partial charge is 0.405 e. The summed E-state index contributed by atoms with van der Waals surface area (Å²) in [6.45, 7) is 3.65. The van der Waals surface area contributed by atoms with Crippen LogP contribution in [0.5, 0.6) is 0 Å². The molecule has 42 heavy (non-hydrogen) atoms. The number of anilines is 1. The lowest BCUT2D eigenvalue weighted by molar-refractivity contribution is -0.123. The molecule has 0 aromatic heterocycles. The number of nitrogen functional groups attached to an aromatic ring is 1. The van der Waals surface area contributed by atoms with E-state index in [1.54, 1.807) is 0 Å². The Labute approximate surface area is 245 Å². The predicted molar refractivity (Wildman–Crippen MR) is 160 cm³/mol. The zero-order chi connectivity index (χ0) is 30.9. The minimum Gasteiger partial charge on any atom is -0.465 e. The second-order valence-corrected chi connectivity index (χ2v) is 12.6. The Morgan fingerprint density at radius 2 is 1.74 bits per heavy atom. The number of aliphatic hydroxyl groups is 1. The quantitative estimate of drug-likeness (QED) is 0.131. The molecule has 3 rings (SSSR count). The molecule has 0 fully saturated rings. The van der Waals surface area contributed by atoms with E-state index in [1.807, 2.05) is 56.3 Å². The molecule has 3 aromatic rings. The van der Waals surface area contributed by atoms with Gasteiger partial charge in [-0.05, 0) is 53.3 Å². The van der Waals surface area contributed by atoms with Crippen LogP contribution in [0.3, 0.4) is 0 Å². The molecule has 0 heterocycles. The van der Waals surface area contributed by atoms with Crippen LogP contribution in [-0.2, 0) is 21.2 Å². The van der Waals surface area contributed by atoms with E-state index in [9.17, 15) is 32.6 Å². The maximum absolute atomic E-state index is 13.7. The molecule has 2 atom stereocenters. The number of fused-ring (bicyclic) bond motifs is 1. The number of nitrogens with one attached hydrogen (secondary N) is 2. The largest absolute Gasteiger partial charge is 0.465 e. The molecule has 0 radical (unpaired) electrons. The second kappa shape index (κ2) is 14.9. The Bertz CT molecular complexity index is 1480. The van der Waals surface area contributed by atoms with Gasteiger partial charge in [0.15, 0.2) is 0 Å². The first-order valence-electron chi connectivity index (χ1n) is 13.8. The number of aliphatic hydroxyl groups excluding tert-OH is 1. The number of benzene rings is 3. The lowest BCUT2D eigenvalue weighted by Crippen LogP contribution is -2.47. The third-order valence-electron chi connectivity index (χ3n) is 6.87. The minimum absolute atomic E-state index is 0.0489. The average molecular weight is 603 g/mol. The zero-order valence-electron chi connectivity index (χ0n) is 23.8. The zero-order valence-corrected chi connectivity index (χ0v) is 24.6. The van der Waals surface area contributed by atoms with Gasteiger partial charge in [0.2, 0.25) is 15.9 Å². The van der Waals surface area contributed by atoms with Crippen LogP contribution >= 0.6 is 0 Å². The summed E-state index contributed by atoms with van der Waals surface area (Å²) in [6.07, 6.45) is 0.116. The van der Waals surface area contributed by atoms with E-state index in [0.717, 1.165) is 34.5 Å². The molecule has 0 aliphatic rings. The Balaban J connectivity index is 1.60. The number of carboxylic acid groups (broad SMARTS) is 1. The van der Waals surface area contributed by atoms with Crippen LogP contribution in [0.15, 0.2) is 65.6 Å². The summed E-state index contributed by atoms with van der Waals surface area (Å²) in [4.78, 5) is 24.1. The second-order valence-electron chi connectivity index (χ2n) is 10.7. The topological polar surface area (TPSA) is 162 Å². The Morgan fingerprint density at radius 1 is 1.02 bits per heavy atom. The van der Waals surface area contributed by atoms with E-state index in [4.69, 9.17) is 5.73 Å². The number of carbonyl (C=O) groups excluding carboxylic acids is 1. The van der Waals surface area contributed by atoms with Gasteiger partial charge in [0, 0.05) is 25.6 Å². The molecule has 2 unspecified atom stereocenters. The molecule has 0 aliphatic carbocycles. The third kappa shape index (κ3) is 8.88. The number of unbranched alkanes of at least 4 members (excludes halogenated alkanes) is 1. The highest BCUT2D eigenvalue weighted by molar-refractivity contribution is 7.89. The molecule has 0 saturated heterocycles. The van der Waals surface area contributed by atoms with Gasteiger partial charge in [-0.15, -0.1) is 0 Å². The van der Waals surface area contributed by atoms with Gasteiger partial charge in [-0.1, -0.05) is 62.7 Å². The molecular formula is C30H39FN4O6S. The monoisotopic (exact) mass is 602 g/mol. The van der Waals surface area contributed by atoms with E-state index >= 15 is 0 Å². The standard InChI is InChI=1S/C30H39FN4O6S/c1-20(2)18-35(42(40,41)25-12-13-26(31)27(32)17-25)24(19-36)9-5-6-14-33-29(37)28(34-30(38)39)16-21-10-11-22-7-3-4-8-23(22)15-21/h3-4,7-8,10-13,15,17,20,24,28,34,36H,5-6,9,14,16,18-19,32H2,1-2H3,(H,33,37)(H,38,39). The highest BCUT2D eigenvalue weighted by Gasteiger charge is 2.32. The van der Waals surface area contributed by atoms with Crippen LogP contribution in [0.1, 0.15) is 38.7 Å². The lowest BCUT2D eigenvalue weighted by Gasteiger charge is -2.31. The number of carbonyl (C=O) groups is 2. The molecule has 12 heteroatoms. The average Bonchev–Trinajstić information content (AvgIpc) is 2.94. The number of amides is 2. The molecular weight excluding hydrogens is 563 g/mol. The van der Waals surface area contributed by atoms with Crippen molar-refractivity contribution in [1.82, 2.24) is 14.9 Å². The molecule has 0 spiro atoms. The van der Waals surface area contributed by atoms with Gasteiger partial charge in [-0.25, -0.2) is 17.6 Å². The molecule has 10 nitrogen and oxygen atoms in total. The molecule has 0 saturated carbocycles. The van der Waals surface area contributed by atoms with E-state index in [0.29, 0.717) is 19.3 Å². The van der Waals surface area contributed by atoms with Crippen molar-refractivity contribution in [1.29, 1.82) is 0 Å². The Kier molecular flexibility index (Phi) is 11.7. The fourth-order valence-corrected chi connectivity index (χ4v) is 6.59. The van der Waals surface area contributed by atoms with Crippen LogP contribution in [0.25, 0.3) is 10.8 Å². The highest BCUT2D eigenvalue weighted by atomic mass is 32.2. The third-order valence-corrected chi connectivity index (χ3v) is 8.78. The Hall–Kier alpha value is -3.74. The number of nitrogens with two attached hydrogens (primary N) is 1. The van der Waals surface area contributed by atoms with Gasteiger partial charge in [-0.2, -0.15) is 4.31 Å². The number of hydrogen-bond donors (Lipinski definition) is 5. The van der Waals surface area contributed by atoms with Gasteiger partial charge in [0.25, 0.3) is 0 Å². The van der Waals surface area contributed by atoms with Crippen molar-refractivity contribution in [2.24, 2.45) is 5.92 Å². The fourth-order valence-electron chi connectivity index (χ4n) is 4.75. The van der Waals surface area contributed by atoms with Crippen molar-refractivity contribution in [3.05, 3.63) is 72.0 Å². The number of rotatable bonds is 15. The summed E-state index contributed by atoms with van der Waals surface area (Å²) in [5.41, 5.74) is 6.12. The molecule has 6 N–H and O–H groups in total. The summed E-state index contributed by atoms with van der Waals surface area (Å²) in [5, 5.41) is 26.4. The summed E-state index contributed by atoms with van der Waals surface area (Å²) >= 11 is 0. The summed E-state index contributed by atoms with van der Waals surface area (Å²) in [5.74, 6) is -1.24. The Morgan fingerprint density at radius 3 is 2.38 bits per heavy atom. The van der Waals surface area contributed by atoms with Crippen molar-refractivity contribution < 1.29 is 32.6 Å². The van der Waals surface area contributed by atoms with Gasteiger partial charge < -0.3 is 26.6 Å². The van der Waals surface area contributed by atoms with Crippen molar-refractivity contribution in [2.75, 3.05) is 25.4 Å². The fraction of sp³-hybridized carbons (Fsp3) is 0.400. The van der Waals surface area contributed by atoms with Crippen molar-refractivity contribution >= 4 is 38.5 Å². The number of hydrogen-bond acceptors (Lipinski definition) is 6. The molecule has 0 bridgehead atoms. The van der Waals surface area contributed by atoms with E-state index in [2.05, 4.69) is 10.6 Å². The van der Waals surface area contributed by atoms with Gasteiger partial charge >= 0.3 is 6.09 Å². The lowest BCUT2D eigenvalue weighted by atomic mass is 10.0. The van der Waals surface area contributed by atoms with Crippen LogP contribution in [0, 0.1) is 11.7 Å². The molecule has 3 aromatic carbocycles. The normalized spacial score (nSPS) is 13.3. The molecule has 0 aliphatic heterocycles. The van der Waals surface area contributed by atoms with Crippen molar-refractivity contribution in [3.63, 3.8) is 0 Å². The maximum Gasteiger partial charge on any atom is 0.405 e. The van der Waals surface area contributed by atoms with E-state index in [1.165, 1.54) is 4.31 Å². The van der Waals surface area contributed by atoms with Gasteiger partial charge in [-0.3, -0.25) is 4.79 Å². The van der Waals surface area contributed by atoms with Crippen LogP contribution in [0.4, 0.5) is 14.9 Å². The van der Waals surface area contributed by atoms with Crippen molar-refractivity contribution in [3.8, 4) is 0 Å². The first-order valence-corrected chi connectivity index (χ1v) is 15.3. The number of nitrogens with zero attached hydrogens (tertiary/aromatic N) is 1. The maximum atomic E-state index is 13.7. The number of halogens is 1. The van der Waals surface area contributed by atoms with Crippen LogP contribution < -0.4 is 16.4 Å². The van der Waals surface area contributed by atoms with Gasteiger partial charge in [0.1, 0.15) is 11.9 Å². The first kappa shape index (κ1) is 32.8. The minimum atomic E-state index is -4.08. The highest BCUT2D eigenvalue weighted by Crippen LogP contribution is 2.25. The van der Waals surface area contributed by atoms with Crippen molar-refractivity contribution in [2.45, 2.75) is 56.5 Å². The molecule has 228 valence electrons. The van der Waals surface area contributed by atoms with Gasteiger partial charge in [0.05, 0.1) is 17.2 Å². The first-order chi connectivity index (χ1) is 19.9. The predicted octanol–water partition coefficient (Wildman–Crippen LogP) is 3.73. The molecule has 2 amide bonds. The summed E-state index contributed by atoms with van der Waals surface area (Å²) in [7, 11) is -4.08. The van der Waals surface area contributed by atoms with Crippen LogP contribution in [0.2, 0.25) is 0 Å². The van der Waals surface area contributed by atoms with E-state index in [-0.39, 0.29) is 36.0 Å². The summed E-state index contributed by atoms with van der Waals surface area (Å²) < 4.78 is 41.7. The van der Waals surface area contributed by atoms with E-state index < -0.39 is 46.5 Å². The van der Waals surface area contributed by atoms with Crippen LogP contribution in [-0.4, -0.2) is 66.7 Å². The summed E-state index contributed by atoms with van der Waals surface area (Å²) in [6, 6.07) is 14.9.